The second-order valence-electron chi connectivity index (χ2n) is 4.83. The van der Waals surface area contributed by atoms with Crippen molar-refractivity contribution in [2.24, 2.45) is 0 Å². The van der Waals surface area contributed by atoms with Crippen LogP contribution in [-0.4, -0.2) is 14.5 Å². The lowest BCUT2D eigenvalue weighted by Gasteiger charge is -2.15. The summed E-state index contributed by atoms with van der Waals surface area (Å²) in [6.45, 7) is 6.23. The molecule has 0 saturated heterocycles. The summed E-state index contributed by atoms with van der Waals surface area (Å²) in [7, 11) is 0. The van der Waals surface area contributed by atoms with Crippen LogP contribution in [0.25, 0.3) is 11.0 Å². The van der Waals surface area contributed by atoms with Gasteiger partial charge >= 0.3 is 0 Å². The molecule has 0 bridgehead atoms. The maximum Gasteiger partial charge on any atom is 0.201 e. The molecule has 2 aromatic heterocycles. The fourth-order valence-corrected chi connectivity index (χ4v) is 3.99. The van der Waals surface area contributed by atoms with Crippen LogP contribution in [-0.2, 0) is 0 Å². The van der Waals surface area contributed by atoms with E-state index in [1.54, 1.807) is 11.3 Å². The third-order valence-corrected chi connectivity index (χ3v) is 5.30. The smallest absolute Gasteiger partial charge is 0.201 e. The summed E-state index contributed by atoms with van der Waals surface area (Å²) in [5, 5.41) is 1.09. The summed E-state index contributed by atoms with van der Waals surface area (Å²) >= 11 is 4.01. The number of hydrogen-bond donors (Lipinski definition) is 1. The molecule has 3 rings (SSSR count). The number of nitrogen functional groups attached to an aromatic ring is 1. The molecule has 0 aliphatic rings. The first kappa shape index (κ1) is 13.8. The Morgan fingerprint density at radius 1 is 1.30 bits per heavy atom. The molecule has 6 heteroatoms. The lowest BCUT2D eigenvalue weighted by molar-refractivity contribution is 0.674. The molecule has 104 valence electrons. The Labute approximate surface area is 135 Å². The van der Waals surface area contributed by atoms with Crippen LogP contribution in [0.4, 0.5) is 5.95 Å². The third kappa shape index (κ3) is 2.20. The highest BCUT2D eigenvalue weighted by molar-refractivity contribution is 14.1. The summed E-state index contributed by atoms with van der Waals surface area (Å²) in [5.74, 6) is 0.556. The number of thiazole rings is 1. The molecule has 3 aromatic rings. The van der Waals surface area contributed by atoms with Gasteiger partial charge in [0.1, 0.15) is 0 Å². The lowest BCUT2D eigenvalue weighted by atomic mass is 10.2. The first-order valence-corrected chi connectivity index (χ1v) is 8.24. The number of rotatable bonds is 2. The molecule has 1 atom stereocenters. The molecular weight excluding hydrogens is 383 g/mol. The second kappa shape index (κ2) is 5.00. The summed E-state index contributed by atoms with van der Waals surface area (Å²) < 4.78 is 3.25. The van der Waals surface area contributed by atoms with Gasteiger partial charge in [-0.25, -0.2) is 9.97 Å². The standard InChI is InChI=1S/C14H15IN4S/c1-7-13(20-9(3)17-7)8(2)19-12-5-4-10(15)6-11(12)18-14(19)16/h4-6,8H,1-3H3,(H2,16,18). The molecule has 2 heterocycles. The van der Waals surface area contributed by atoms with Crippen LogP contribution in [0, 0.1) is 17.4 Å². The van der Waals surface area contributed by atoms with Crippen molar-refractivity contribution in [2.45, 2.75) is 26.8 Å². The van der Waals surface area contributed by atoms with E-state index in [2.05, 4.69) is 62.2 Å². The molecule has 0 amide bonds. The molecule has 0 spiro atoms. The normalized spacial score (nSPS) is 13.0. The average molecular weight is 398 g/mol. The average Bonchev–Trinajstić information content (AvgIpc) is 2.87. The van der Waals surface area contributed by atoms with Gasteiger partial charge in [0, 0.05) is 3.57 Å². The Hall–Kier alpha value is -1.15. The highest BCUT2D eigenvalue weighted by Gasteiger charge is 2.19. The van der Waals surface area contributed by atoms with Gasteiger partial charge in [0.15, 0.2) is 0 Å². The minimum Gasteiger partial charge on any atom is -0.369 e. The summed E-state index contributed by atoms with van der Waals surface area (Å²) in [5.41, 5.74) is 9.22. The molecule has 0 saturated carbocycles. The SMILES string of the molecule is Cc1nc(C)c(C(C)n2c(N)nc3cc(I)ccc32)s1. The largest absolute Gasteiger partial charge is 0.369 e. The minimum atomic E-state index is 0.145. The maximum absolute atomic E-state index is 6.13. The van der Waals surface area contributed by atoms with Gasteiger partial charge in [-0.3, -0.25) is 0 Å². The first-order chi connectivity index (χ1) is 9.47. The van der Waals surface area contributed by atoms with Gasteiger partial charge in [0.2, 0.25) is 5.95 Å². The fourth-order valence-electron chi connectivity index (χ4n) is 2.55. The zero-order valence-electron chi connectivity index (χ0n) is 11.5. The molecule has 1 aromatic carbocycles. The van der Waals surface area contributed by atoms with E-state index in [4.69, 9.17) is 5.73 Å². The number of benzene rings is 1. The van der Waals surface area contributed by atoms with Crippen LogP contribution in [0.5, 0.6) is 0 Å². The monoisotopic (exact) mass is 398 g/mol. The predicted octanol–water partition coefficient (Wildman–Crippen LogP) is 3.91. The van der Waals surface area contributed by atoms with E-state index in [1.165, 1.54) is 4.88 Å². The second-order valence-corrected chi connectivity index (χ2v) is 7.31. The van der Waals surface area contributed by atoms with Crippen LogP contribution in [0.3, 0.4) is 0 Å². The molecule has 4 nitrogen and oxygen atoms in total. The van der Waals surface area contributed by atoms with Gasteiger partial charge in [-0.1, -0.05) is 0 Å². The van der Waals surface area contributed by atoms with Gasteiger partial charge in [-0.05, 0) is 61.6 Å². The topological polar surface area (TPSA) is 56.7 Å². The van der Waals surface area contributed by atoms with E-state index in [0.717, 1.165) is 25.3 Å². The highest BCUT2D eigenvalue weighted by Crippen LogP contribution is 2.32. The molecule has 0 radical (unpaired) electrons. The fraction of sp³-hybridized carbons (Fsp3) is 0.286. The zero-order chi connectivity index (χ0) is 14.4. The van der Waals surface area contributed by atoms with Crippen molar-refractivity contribution in [1.29, 1.82) is 0 Å². The number of halogens is 1. The van der Waals surface area contributed by atoms with Gasteiger partial charge in [0.25, 0.3) is 0 Å². The maximum atomic E-state index is 6.13. The molecule has 2 N–H and O–H groups in total. The van der Waals surface area contributed by atoms with Crippen LogP contribution < -0.4 is 5.73 Å². The number of hydrogen-bond acceptors (Lipinski definition) is 4. The van der Waals surface area contributed by atoms with Gasteiger partial charge in [-0.15, -0.1) is 11.3 Å². The number of fused-ring (bicyclic) bond motifs is 1. The van der Waals surface area contributed by atoms with Crippen molar-refractivity contribution in [1.82, 2.24) is 14.5 Å². The van der Waals surface area contributed by atoms with Crippen LogP contribution >= 0.6 is 33.9 Å². The molecule has 0 aliphatic heterocycles. The van der Waals surface area contributed by atoms with E-state index in [-0.39, 0.29) is 6.04 Å². The number of nitrogens with two attached hydrogens (primary N) is 1. The van der Waals surface area contributed by atoms with Crippen LogP contribution in [0.2, 0.25) is 0 Å². The van der Waals surface area contributed by atoms with E-state index >= 15 is 0 Å². The Kier molecular flexibility index (Phi) is 3.45. The summed E-state index contributed by atoms with van der Waals surface area (Å²) in [6, 6.07) is 6.37. The minimum absolute atomic E-state index is 0.145. The Balaban J connectivity index is 2.18. The molecule has 20 heavy (non-hydrogen) atoms. The predicted molar refractivity (Wildman–Crippen MR) is 92.3 cm³/mol. The molecule has 0 fully saturated rings. The van der Waals surface area contributed by atoms with Crippen molar-refractivity contribution >= 4 is 50.9 Å². The van der Waals surface area contributed by atoms with Crippen LogP contribution in [0.15, 0.2) is 18.2 Å². The molecule has 1 unspecified atom stereocenters. The van der Waals surface area contributed by atoms with E-state index in [0.29, 0.717) is 5.95 Å². The number of aromatic nitrogens is 3. The Bertz CT molecular complexity index is 790. The Morgan fingerprint density at radius 3 is 2.70 bits per heavy atom. The van der Waals surface area contributed by atoms with Crippen LogP contribution in [0.1, 0.15) is 28.5 Å². The van der Waals surface area contributed by atoms with E-state index < -0.39 is 0 Å². The van der Waals surface area contributed by atoms with Crippen molar-refractivity contribution in [3.8, 4) is 0 Å². The number of nitrogens with zero attached hydrogens (tertiary/aromatic N) is 3. The van der Waals surface area contributed by atoms with E-state index in [1.807, 2.05) is 13.8 Å². The third-order valence-electron chi connectivity index (χ3n) is 3.38. The number of anilines is 1. The van der Waals surface area contributed by atoms with Gasteiger partial charge < -0.3 is 10.3 Å². The number of imidazole rings is 1. The van der Waals surface area contributed by atoms with Crippen molar-refractivity contribution < 1.29 is 0 Å². The quantitative estimate of drug-likeness (QED) is 0.666. The first-order valence-electron chi connectivity index (χ1n) is 6.34. The van der Waals surface area contributed by atoms with Crippen molar-refractivity contribution in [3.63, 3.8) is 0 Å². The molecular formula is C14H15IN4S. The number of aryl methyl sites for hydroxylation is 2. The van der Waals surface area contributed by atoms with E-state index in [9.17, 15) is 0 Å². The van der Waals surface area contributed by atoms with Crippen molar-refractivity contribution in [3.05, 3.63) is 37.3 Å². The molecule has 0 aliphatic carbocycles. The highest BCUT2D eigenvalue weighted by atomic mass is 127. The zero-order valence-corrected chi connectivity index (χ0v) is 14.5. The van der Waals surface area contributed by atoms with Gasteiger partial charge in [-0.2, -0.15) is 0 Å². The lowest BCUT2D eigenvalue weighted by Crippen LogP contribution is -2.10. The Morgan fingerprint density at radius 2 is 2.05 bits per heavy atom. The summed E-state index contributed by atoms with van der Waals surface area (Å²) in [6.07, 6.45) is 0. The van der Waals surface area contributed by atoms with Gasteiger partial charge in [0.05, 0.1) is 32.7 Å². The summed E-state index contributed by atoms with van der Waals surface area (Å²) in [4.78, 5) is 10.2. The van der Waals surface area contributed by atoms with Crippen molar-refractivity contribution in [2.75, 3.05) is 5.73 Å².